The molecule has 0 radical (unpaired) electrons. The highest BCUT2D eigenvalue weighted by molar-refractivity contribution is 7.93. The average Bonchev–Trinajstić information content (AvgIpc) is 3.78. The molecule has 3 heterocycles. The second-order valence-corrected chi connectivity index (χ2v) is 18.3. The summed E-state index contributed by atoms with van der Waals surface area (Å²) in [7, 11) is -5.74. The number of imidazole rings is 1. The number of benzene rings is 2. The number of halogens is 3. The maximum absolute atomic E-state index is 14.5. The quantitative estimate of drug-likeness (QED) is 0.131. The Morgan fingerprint density at radius 3 is 2.40 bits per heavy atom. The van der Waals surface area contributed by atoms with Crippen molar-refractivity contribution >= 4 is 54.1 Å². The molecule has 1 aliphatic carbocycles. The molecular weight excluding hydrogens is 750 g/mol. The van der Waals surface area contributed by atoms with Gasteiger partial charge in [0.1, 0.15) is 27.9 Å². The Morgan fingerprint density at radius 1 is 1.09 bits per heavy atom. The lowest BCUT2D eigenvalue weighted by molar-refractivity contribution is -0.121. The topological polar surface area (TPSA) is 184 Å². The summed E-state index contributed by atoms with van der Waals surface area (Å²) in [6, 6.07) is 8.37. The normalized spacial score (nSPS) is 14.1. The molecule has 6 rings (SSSR count). The molecule has 1 atom stereocenters. The number of aryl methyl sites for hydroxylation is 1. The third-order valence-electron chi connectivity index (χ3n) is 8.70. The number of nitrogen functional groups attached to an aromatic ring is 1. The lowest BCUT2D eigenvalue weighted by Crippen LogP contribution is -2.33. The number of fused-ring (bicyclic) bond motifs is 1. The summed E-state index contributed by atoms with van der Waals surface area (Å²) in [5, 5.41) is 7.29. The van der Waals surface area contributed by atoms with Gasteiger partial charge in [-0.3, -0.25) is 18.9 Å². The molecule has 1 amide bonds. The van der Waals surface area contributed by atoms with E-state index in [4.69, 9.17) is 22.4 Å². The highest BCUT2D eigenvalue weighted by Crippen LogP contribution is 2.40. The smallest absolute Gasteiger partial charge is 0.231 e. The van der Waals surface area contributed by atoms with Crippen LogP contribution in [0.3, 0.4) is 0 Å². The van der Waals surface area contributed by atoms with Gasteiger partial charge in [0.25, 0.3) is 0 Å². The molecule has 18 heteroatoms. The summed E-state index contributed by atoms with van der Waals surface area (Å²) in [5.74, 6) is 9.68. The highest BCUT2D eigenvalue weighted by Gasteiger charge is 2.45. The van der Waals surface area contributed by atoms with Gasteiger partial charge in [0.2, 0.25) is 15.9 Å². The molecule has 1 saturated carbocycles. The van der Waals surface area contributed by atoms with Gasteiger partial charge in [0.05, 0.1) is 45.6 Å². The van der Waals surface area contributed by atoms with Gasteiger partial charge in [-0.15, -0.1) is 0 Å². The Balaban J connectivity index is 1.56. The molecule has 0 saturated heterocycles. The monoisotopic (exact) mass is 784 g/mol. The first-order valence-electron chi connectivity index (χ1n) is 16.3. The van der Waals surface area contributed by atoms with Crippen LogP contribution in [-0.4, -0.2) is 63.4 Å². The van der Waals surface area contributed by atoms with Crippen LogP contribution in [0, 0.1) is 23.5 Å². The number of amides is 1. The second-order valence-electron chi connectivity index (χ2n) is 13.3. The Labute approximate surface area is 309 Å². The molecule has 0 unspecified atom stereocenters. The zero-order valence-corrected chi connectivity index (χ0v) is 31.4. The number of aromatic nitrogens is 5. The van der Waals surface area contributed by atoms with E-state index in [0.29, 0.717) is 29.5 Å². The van der Waals surface area contributed by atoms with Crippen LogP contribution in [0.25, 0.3) is 22.0 Å². The van der Waals surface area contributed by atoms with E-state index in [1.807, 2.05) is 0 Å². The highest BCUT2D eigenvalue weighted by atomic mass is 35.5. The Hall–Kier alpha value is -5.05. The number of rotatable bonds is 11. The minimum absolute atomic E-state index is 0.0228. The minimum Gasteiger partial charge on any atom is -0.347 e. The number of carbonyl (C=O) groups excluding carboxylic acids is 1. The molecule has 0 spiro atoms. The fraction of sp³-hybridized carbons (Fsp3) is 0.314. The summed E-state index contributed by atoms with van der Waals surface area (Å²) in [5.41, 5.74) is 1.79. The lowest BCUT2D eigenvalue weighted by atomic mass is 9.93. The van der Waals surface area contributed by atoms with Gasteiger partial charge in [-0.05, 0) is 74.9 Å². The van der Waals surface area contributed by atoms with Crippen molar-refractivity contribution in [2.75, 3.05) is 16.8 Å². The molecule has 53 heavy (non-hydrogen) atoms. The van der Waals surface area contributed by atoms with Crippen LogP contribution in [0.4, 0.5) is 14.6 Å². The van der Waals surface area contributed by atoms with Crippen LogP contribution in [0.2, 0.25) is 5.02 Å². The molecule has 5 aromatic rings. The zero-order valence-electron chi connectivity index (χ0n) is 29.0. The fourth-order valence-corrected chi connectivity index (χ4v) is 8.53. The molecule has 3 aromatic heterocycles. The molecule has 1 aliphatic rings. The van der Waals surface area contributed by atoms with Gasteiger partial charge in [-0.1, -0.05) is 23.6 Å². The van der Waals surface area contributed by atoms with Crippen molar-refractivity contribution < 1.29 is 30.4 Å². The number of pyridine rings is 1. The largest absolute Gasteiger partial charge is 0.347 e. The number of hydrogen-bond acceptors (Lipinski definition) is 9. The van der Waals surface area contributed by atoms with E-state index in [2.05, 4.69) is 32.0 Å². The van der Waals surface area contributed by atoms with E-state index in [1.165, 1.54) is 35.6 Å². The standard InChI is InChI=1S/C35H35ClF2N8O5S2/c1-35(2,53(50,51)24-6-7-24)12-11-23-5-8-25(26-9-10-27(36)31-33(26)45(3)43-34(31)44-52(4,48)49)32(41-23)28(17-20-15-21(37)18-22(38)16-20)42-30(47)19-29-40-13-14-46(29)39/h5,8-10,13-16,18,24,28H,6-7,17,19,39H2,1-4H3,(H,42,47)(H,43,44)/t28-/m0/s1. The van der Waals surface area contributed by atoms with Crippen LogP contribution in [0.1, 0.15) is 55.5 Å². The first-order valence-corrected chi connectivity index (χ1v) is 20.1. The van der Waals surface area contributed by atoms with Crippen molar-refractivity contribution in [3.05, 3.63) is 94.3 Å². The maximum Gasteiger partial charge on any atom is 0.231 e. The molecule has 0 aliphatic heterocycles. The van der Waals surface area contributed by atoms with Crippen LogP contribution < -0.4 is 15.9 Å². The summed E-state index contributed by atoms with van der Waals surface area (Å²) in [6.07, 6.45) is 4.60. The minimum atomic E-state index is -3.77. The number of nitrogens with two attached hydrogens (primary N) is 1. The molecule has 4 N–H and O–H groups in total. The third kappa shape index (κ3) is 8.14. The number of sulfonamides is 1. The van der Waals surface area contributed by atoms with Crippen molar-refractivity contribution in [3.8, 4) is 23.0 Å². The first-order chi connectivity index (χ1) is 24.8. The first kappa shape index (κ1) is 37.7. The van der Waals surface area contributed by atoms with Gasteiger partial charge in [0.15, 0.2) is 15.7 Å². The van der Waals surface area contributed by atoms with E-state index in [0.717, 1.165) is 24.5 Å². The van der Waals surface area contributed by atoms with E-state index in [-0.39, 0.29) is 51.8 Å². The van der Waals surface area contributed by atoms with Crippen LogP contribution in [0.5, 0.6) is 0 Å². The third-order valence-corrected chi connectivity index (χ3v) is 12.4. The fourth-order valence-electron chi connectivity index (χ4n) is 6.01. The van der Waals surface area contributed by atoms with Crippen molar-refractivity contribution in [3.63, 3.8) is 0 Å². The molecule has 1 fully saturated rings. The van der Waals surface area contributed by atoms with Crippen molar-refractivity contribution in [2.24, 2.45) is 7.05 Å². The van der Waals surface area contributed by atoms with Crippen LogP contribution in [0.15, 0.2) is 54.9 Å². The van der Waals surface area contributed by atoms with E-state index in [1.54, 1.807) is 31.3 Å². The number of hydrogen-bond donors (Lipinski definition) is 3. The number of nitrogens with one attached hydrogen (secondary N) is 2. The summed E-state index contributed by atoms with van der Waals surface area (Å²) in [6.45, 7) is 3.06. The van der Waals surface area contributed by atoms with Gasteiger partial charge < -0.3 is 11.2 Å². The Morgan fingerprint density at radius 2 is 1.77 bits per heavy atom. The number of sulfone groups is 1. The number of anilines is 1. The van der Waals surface area contributed by atoms with Gasteiger partial charge in [0, 0.05) is 36.6 Å². The lowest BCUT2D eigenvalue weighted by Gasteiger charge is -2.23. The Bertz CT molecular complexity index is 2540. The van der Waals surface area contributed by atoms with Crippen molar-refractivity contribution in [2.45, 2.75) is 55.6 Å². The summed E-state index contributed by atoms with van der Waals surface area (Å²) < 4.78 is 83.3. The summed E-state index contributed by atoms with van der Waals surface area (Å²) >= 11 is 6.61. The molecule has 0 bridgehead atoms. The van der Waals surface area contributed by atoms with Gasteiger partial charge >= 0.3 is 0 Å². The number of nitrogens with zero attached hydrogens (tertiary/aromatic N) is 5. The van der Waals surface area contributed by atoms with Crippen LogP contribution in [-0.2, 0) is 44.5 Å². The number of carbonyl (C=O) groups is 1. The van der Waals surface area contributed by atoms with E-state index in [9.17, 15) is 30.4 Å². The summed E-state index contributed by atoms with van der Waals surface area (Å²) in [4.78, 5) is 22.5. The average molecular weight is 785 g/mol. The predicted octanol–water partition coefficient (Wildman–Crippen LogP) is 4.20. The SMILES string of the molecule is Cn1nc(NS(C)(=O)=O)c2c(Cl)ccc(-c3ccc(C#CC(C)(C)S(=O)(=O)C4CC4)nc3[C@H](Cc3cc(F)cc(F)c3)NC(=O)Cc3nccn3N)c21. The van der Waals surface area contributed by atoms with Crippen molar-refractivity contribution in [1.82, 2.24) is 29.7 Å². The predicted molar refractivity (Wildman–Crippen MR) is 197 cm³/mol. The second kappa shape index (κ2) is 14.1. The van der Waals surface area contributed by atoms with E-state index >= 15 is 0 Å². The molecular formula is C35H35ClF2N8O5S2. The Kier molecular flexibility index (Phi) is 10.0. The van der Waals surface area contributed by atoms with Crippen LogP contribution >= 0.6 is 11.6 Å². The van der Waals surface area contributed by atoms with Crippen molar-refractivity contribution in [1.29, 1.82) is 0 Å². The van der Waals surface area contributed by atoms with Gasteiger partial charge in [-0.2, -0.15) is 5.10 Å². The molecule has 278 valence electrons. The zero-order chi connectivity index (χ0) is 38.5. The molecule has 13 nitrogen and oxygen atoms in total. The van der Waals surface area contributed by atoms with E-state index < -0.39 is 53.4 Å². The van der Waals surface area contributed by atoms with Gasteiger partial charge in [-0.25, -0.2) is 35.6 Å². The molecule has 2 aromatic carbocycles. The maximum atomic E-state index is 14.5.